The van der Waals surface area contributed by atoms with Crippen LogP contribution in [0.15, 0.2) is 29.6 Å². The Hall–Kier alpha value is -2.20. The second-order valence-electron chi connectivity index (χ2n) is 8.23. The molecule has 1 aliphatic heterocycles. The summed E-state index contributed by atoms with van der Waals surface area (Å²) >= 11 is 1.41. The number of nitrogens with one attached hydrogen (secondary N) is 2. The van der Waals surface area contributed by atoms with E-state index in [1.54, 1.807) is 7.11 Å². The predicted molar refractivity (Wildman–Crippen MR) is 124 cm³/mol. The van der Waals surface area contributed by atoms with Crippen molar-refractivity contribution < 1.29 is 14.3 Å². The van der Waals surface area contributed by atoms with E-state index in [2.05, 4.69) is 34.4 Å². The van der Waals surface area contributed by atoms with E-state index < -0.39 is 0 Å². The summed E-state index contributed by atoms with van der Waals surface area (Å²) in [4.78, 5) is 19.1. The fourth-order valence-electron chi connectivity index (χ4n) is 3.51. The molecule has 1 saturated heterocycles. The summed E-state index contributed by atoms with van der Waals surface area (Å²) in [6.07, 6.45) is 1.05. The van der Waals surface area contributed by atoms with Crippen LogP contribution in [-0.4, -0.2) is 68.5 Å². The number of aromatic nitrogens is 1. The minimum absolute atomic E-state index is 0.280. The molecule has 0 saturated carbocycles. The lowest BCUT2D eigenvalue weighted by atomic mass is 9.82. The van der Waals surface area contributed by atoms with E-state index in [0.717, 1.165) is 43.1 Å². The molecule has 1 aromatic carbocycles. The van der Waals surface area contributed by atoms with Gasteiger partial charge in [0.05, 0.1) is 26.0 Å². The summed E-state index contributed by atoms with van der Waals surface area (Å²) < 4.78 is 10.8. The third kappa shape index (κ3) is 6.64. The average Bonchev–Trinajstić information content (AvgIpc) is 3.40. The normalized spacial score (nSPS) is 17.0. The summed E-state index contributed by atoms with van der Waals surface area (Å²) in [6, 6.07) is 7.97. The second-order valence-corrected chi connectivity index (χ2v) is 9.09. The van der Waals surface area contributed by atoms with E-state index in [1.807, 2.05) is 29.6 Å². The van der Waals surface area contributed by atoms with Crippen LogP contribution in [0.1, 0.15) is 31.5 Å². The van der Waals surface area contributed by atoms with E-state index in [0.29, 0.717) is 30.9 Å². The lowest BCUT2D eigenvalue weighted by Gasteiger charge is -2.23. The van der Waals surface area contributed by atoms with Crippen molar-refractivity contribution in [2.75, 3.05) is 51.8 Å². The van der Waals surface area contributed by atoms with Gasteiger partial charge in [-0.15, -0.1) is 11.3 Å². The van der Waals surface area contributed by atoms with Crippen LogP contribution in [0.4, 0.5) is 9.93 Å². The zero-order chi connectivity index (χ0) is 22.3. The number of carbonyl (C=O) groups is 1. The maximum Gasteiger partial charge on any atom is 0.321 e. The number of ether oxygens (including phenoxy) is 2. The van der Waals surface area contributed by atoms with Gasteiger partial charge in [0.2, 0.25) is 0 Å². The third-order valence-electron chi connectivity index (χ3n) is 5.57. The molecule has 0 spiro atoms. The molecule has 0 bridgehead atoms. The molecule has 0 aliphatic carbocycles. The van der Waals surface area contributed by atoms with Gasteiger partial charge in [-0.05, 0) is 30.7 Å². The van der Waals surface area contributed by atoms with E-state index in [4.69, 9.17) is 15.2 Å². The first-order chi connectivity index (χ1) is 14.9. The predicted octanol–water partition coefficient (Wildman–Crippen LogP) is 2.65. The van der Waals surface area contributed by atoms with Crippen LogP contribution in [0.3, 0.4) is 0 Å². The minimum Gasteiger partial charge on any atom is -0.497 e. The van der Waals surface area contributed by atoms with Crippen molar-refractivity contribution >= 4 is 22.5 Å². The Morgan fingerprint density at radius 3 is 2.77 bits per heavy atom. The number of carbonyl (C=O) groups excluding carboxylic acids is 1. The number of urea groups is 1. The Morgan fingerprint density at radius 2 is 2.10 bits per heavy atom. The molecule has 9 heteroatoms. The van der Waals surface area contributed by atoms with Crippen LogP contribution in [0.5, 0.6) is 5.75 Å². The number of hydrogen-bond donors (Lipinski definition) is 3. The third-order valence-corrected chi connectivity index (χ3v) is 6.33. The molecule has 1 aliphatic rings. The van der Waals surface area contributed by atoms with Gasteiger partial charge in [0.15, 0.2) is 5.13 Å². The molecule has 2 aromatic rings. The van der Waals surface area contributed by atoms with Gasteiger partial charge in [0.1, 0.15) is 5.75 Å². The van der Waals surface area contributed by atoms with Crippen LogP contribution >= 0.6 is 11.3 Å². The number of anilines is 1. The monoisotopic (exact) mass is 447 g/mol. The molecular formula is C22H33N5O3S. The molecule has 170 valence electrons. The summed E-state index contributed by atoms with van der Waals surface area (Å²) in [6.45, 7) is 8.65. The van der Waals surface area contributed by atoms with Crippen LogP contribution < -0.4 is 21.1 Å². The number of nitrogens with two attached hydrogens (primary N) is 1. The molecule has 1 unspecified atom stereocenters. The Balaban J connectivity index is 1.39. The number of likely N-dealkylation sites (tertiary alicyclic amines) is 1. The largest absolute Gasteiger partial charge is 0.497 e. The SMILES string of the molecule is COc1ccc(C(C)(C)c2csc(NC(=O)NCCOCCN3CCC(N)C3)n2)cc1. The van der Waals surface area contributed by atoms with Crippen molar-refractivity contribution in [1.82, 2.24) is 15.2 Å². The first kappa shape index (κ1) is 23.5. The summed E-state index contributed by atoms with van der Waals surface area (Å²) in [5.74, 6) is 0.820. The highest BCUT2D eigenvalue weighted by Gasteiger charge is 2.26. The number of methoxy groups -OCH3 is 1. The highest BCUT2D eigenvalue weighted by molar-refractivity contribution is 7.13. The molecule has 3 rings (SSSR count). The van der Waals surface area contributed by atoms with Gasteiger partial charge in [-0.25, -0.2) is 9.78 Å². The minimum atomic E-state index is -0.285. The van der Waals surface area contributed by atoms with E-state index >= 15 is 0 Å². The van der Waals surface area contributed by atoms with Crippen molar-refractivity contribution in [1.29, 1.82) is 0 Å². The first-order valence-corrected chi connectivity index (χ1v) is 11.5. The summed E-state index contributed by atoms with van der Waals surface area (Å²) in [5.41, 5.74) is 7.64. The number of hydrogen-bond acceptors (Lipinski definition) is 7. The topological polar surface area (TPSA) is 102 Å². The zero-order valence-electron chi connectivity index (χ0n) is 18.5. The molecule has 1 fully saturated rings. The first-order valence-electron chi connectivity index (χ1n) is 10.6. The van der Waals surface area contributed by atoms with Gasteiger partial charge in [0, 0.05) is 36.5 Å². The van der Waals surface area contributed by atoms with Crippen molar-refractivity contribution in [3.63, 3.8) is 0 Å². The molecule has 0 radical (unpaired) electrons. The molecule has 1 aromatic heterocycles. The Morgan fingerprint density at radius 1 is 1.32 bits per heavy atom. The van der Waals surface area contributed by atoms with Crippen molar-refractivity contribution in [3.05, 3.63) is 40.9 Å². The standard InChI is InChI=1S/C22H33N5O3S/c1-22(2,16-4-6-18(29-3)7-5-16)19-15-31-21(25-19)26-20(28)24-9-12-30-13-11-27-10-8-17(23)14-27/h4-7,15,17H,8-14,23H2,1-3H3,(H2,24,25,26,28). The summed E-state index contributed by atoms with van der Waals surface area (Å²) in [5, 5.41) is 8.16. The molecule has 1 atom stereocenters. The molecule has 2 heterocycles. The smallest absolute Gasteiger partial charge is 0.321 e. The van der Waals surface area contributed by atoms with Gasteiger partial charge in [-0.1, -0.05) is 26.0 Å². The van der Waals surface area contributed by atoms with Crippen LogP contribution in [0.2, 0.25) is 0 Å². The number of thiazole rings is 1. The van der Waals surface area contributed by atoms with Gasteiger partial charge >= 0.3 is 6.03 Å². The maximum atomic E-state index is 12.1. The van der Waals surface area contributed by atoms with Gasteiger partial charge in [-0.2, -0.15) is 0 Å². The maximum absolute atomic E-state index is 12.1. The zero-order valence-corrected chi connectivity index (χ0v) is 19.3. The fourth-order valence-corrected chi connectivity index (χ4v) is 4.39. The molecule has 2 amide bonds. The number of amides is 2. The highest BCUT2D eigenvalue weighted by atomic mass is 32.1. The molecular weight excluding hydrogens is 414 g/mol. The van der Waals surface area contributed by atoms with Gasteiger partial charge < -0.3 is 20.5 Å². The van der Waals surface area contributed by atoms with Crippen molar-refractivity contribution in [3.8, 4) is 5.75 Å². The van der Waals surface area contributed by atoms with Crippen LogP contribution in [0, 0.1) is 0 Å². The van der Waals surface area contributed by atoms with Crippen molar-refractivity contribution in [2.24, 2.45) is 5.73 Å². The lowest BCUT2D eigenvalue weighted by Crippen LogP contribution is -2.33. The number of nitrogens with zero attached hydrogens (tertiary/aromatic N) is 2. The average molecular weight is 448 g/mol. The Bertz CT molecular complexity index is 840. The van der Waals surface area contributed by atoms with E-state index in [1.165, 1.54) is 11.3 Å². The lowest BCUT2D eigenvalue weighted by molar-refractivity contribution is 0.113. The molecule has 8 nitrogen and oxygen atoms in total. The second kappa shape index (κ2) is 10.9. The Kier molecular flexibility index (Phi) is 8.25. The fraction of sp³-hybridized carbons (Fsp3) is 0.545. The van der Waals surface area contributed by atoms with E-state index in [9.17, 15) is 4.79 Å². The number of rotatable bonds is 10. The number of benzene rings is 1. The van der Waals surface area contributed by atoms with Crippen LogP contribution in [0.25, 0.3) is 0 Å². The Labute approximate surface area is 188 Å². The van der Waals surface area contributed by atoms with Crippen molar-refractivity contribution in [2.45, 2.75) is 31.7 Å². The molecule has 31 heavy (non-hydrogen) atoms. The van der Waals surface area contributed by atoms with Gasteiger partial charge in [0.25, 0.3) is 0 Å². The highest BCUT2D eigenvalue weighted by Crippen LogP contribution is 2.34. The van der Waals surface area contributed by atoms with Gasteiger partial charge in [-0.3, -0.25) is 10.2 Å². The summed E-state index contributed by atoms with van der Waals surface area (Å²) in [7, 11) is 1.65. The quantitative estimate of drug-likeness (QED) is 0.484. The van der Waals surface area contributed by atoms with E-state index in [-0.39, 0.29) is 11.4 Å². The molecule has 4 N–H and O–H groups in total. The van der Waals surface area contributed by atoms with Crippen LogP contribution in [-0.2, 0) is 10.2 Å².